The Balaban J connectivity index is 1.41. The quantitative estimate of drug-likeness (QED) is 0.202. The molecule has 42 heavy (non-hydrogen) atoms. The van der Waals surface area contributed by atoms with Crippen molar-refractivity contribution in [2.45, 2.75) is 26.2 Å². The smallest absolute Gasteiger partial charge is 0.309 e. The molecule has 0 radical (unpaired) electrons. The van der Waals surface area contributed by atoms with Gasteiger partial charge in [-0.05, 0) is 62.1 Å². The van der Waals surface area contributed by atoms with Gasteiger partial charge in [0.25, 0.3) is 11.5 Å². The second kappa shape index (κ2) is 13.0. The van der Waals surface area contributed by atoms with Gasteiger partial charge in [0, 0.05) is 25.8 Å². The van der Waals surface area contributed by atoms with E-state index in [2.05, 4.69) is 0 Å². The number of benzene rings is 1. The van der Waals surface area contributed by atoms with Gasteiger partial charge in [-0.3, -0.25) is 23.7 Å². The van der Waals surface area contributed by atoms with Crippen LogP contribution in [-0.2, 0) is 20.7 Å². The van der Waals surface area contributed by atoms with Crippen molar-refractivity contribution in [3.05, 3.63) is 69.0 Å². The van der Waals surface area contributed by atoms with Gasteiger partial charge in [0.05, 0.1) is 37.2 Å². The summed E-state index contributed by atoms with van der Waals surface area (Å²) in [5.74, 6) is 1.10. The fraction of sp³-hybridized carbons (Fsp3) is 0.367. The molecule has 2 aliphatic rings. The summed E-state index contributed by atoms with van der Waals surface area (Å²) >= 11 is 6.74. The van der Waals surface area contributed by atoms with Crippen molar-refractivity contribution in [3.8, 4) is 11.5 Å². The van der Waals surface area contributed by atoms with Crippen molar-refractivity contribution < 1.29 is 23.8 Å². The Labute approximate surface area is 253 Å². The standard InChI is InChI=1S/C30H32N4O6S2/c1-4-40-29(37)20-11-14-32(15-12-20)26-21(27(35)33-13-6-5-7-25(33)31-26)18-24-28(36)34(30(41)42-24)16-10-19-8-9-22(38-2)23(17-19)39-3/h5-9,13,17-18,20H,4,10-12,14-16H2,1-3H3/b24-18-. The Morgan fingerprint density at radius 1 is 1.12 bits per heavy atom. The number of aromatic nitrogens is 2. The third kappa shape index (κ3) is 6.00. The number of fused-ring (bicyclic) bond motifs is 1. The number of anilines is 1. The molecule has 220 valence electrons. The van der Waals surface area contributed by atoms with Crippen LogP contribution in [0.15, 0.2) is 52.3 Å². The number of esters is 1. The molecule has 0 aliphatic carbocycles. The van der Waals surface area contributed by atoms with Crippen molar-refractivity contribution >= 4 is 57.7 Å². The number of amides is 1. The number of pyridine rings is 1. The lowest BCUT2D eigenvalue weighted by molar-refractivity contribution is -0.148. The van der Waals surface area contributed by atoms with Crippen molar-refractivity contribution in [1.29, 1.82) is 0 Å². The predicted molar refractivity (Wildman–Crippen MR) is 166 cm³/mol. The number of thioether (sulfide) groups is 1. The van der Waals surface area contributed by atoms with Crippen LogP contribution in [0.25, 0.3) is 11.7 Å². The minimum Gasteiger partial charge on any atom is -0.493 e. The maximum absolute atomic E-state index is 13.7. The number of piperidine rings is 1. The van der Waals surface area contributed by atoms with E-state index in [0.717, 1.165) is 5.56 Å². The van der Waals surface area contributed by atoms with E-state index < -0.39 is 0 Å². The zero-order chi connectivity index (χ0) is 29.8. The first-order chi connectivity index (χ1) is 20.3. The molecule has 4 heterocycles. The van der Waals surface area contributed by atoms with E-state index in [1.165, 1.54) is 16.2 Å². The summed E-state index contributed by atoms with van der Waals surface area (Å²) in [7, 11) is 3.16. The zero-order valence-corrected chi connectivity index (χ0v) is 25.3. The number of methoxy groups -OCH3 is 2. The summed E-state index contributed by atoms with van der Waals surface area (Å²) in [4.78, 5) is 48.3. The third-order valence-electron chi connectivity index (χ3n) is 7.38. The Morgan fingerprint density at radius 3 is 2.60 bits per heavy atom. The maximum Gasteiger partial charge on any atom is 0.309 e. The summed E-state index contributed by atoms with van der Waals surface area (Å²) in [5, 5.41) is 0. The molecular weight excluding hydrogens is 576 g/mol. The molecule has 0 bridgehead atoms. The summed E-state index contributed by atoms with van der Waals surface area (Å²) in [6.07, 6.45) is 5.00. The molecule has 12 heteroatoms. The van der Waals surface area contributed by atoms with Crippen LogP contribution in [0.1, 0.15) is 30.9 Å². The first-order valence-corrected chi connectivity index (χ1v) is 15.0. The van der Waals surface area contributed by atoms with Gasteiger partial charge < -0.3 is 19.1 Å². The molecule has 2 aromatic heterocycles. The number of carbonyl (C=O) groups is 2. The van der Waals surface area contributed by atoms with Gasteiger partial charge in [-0.25, -0.2) is 4.98 Å². The second-order valence-corrected chi connectivity index (χ2v) is 11.5. The lowest BCUT2D eigenvalue weighted by atomic mass is 9.96. The van der Waals surface area contributed by atoms with Crippen LogP contribution < -0.4 is 19.9 Å². The second-order valence-electron chi connectivity index (χ2n) is 9.87. The molecule has 0 spiro atoms. The largest absolute Gasteiger partial charge is 0.493 e. The number of nitrogens with zero attached hydrogens (tertiary/aromatic N) is 4. The first kappa shape index (κ1) is 29.6. The average Bonchev–Trinajstić information content (AvgIpc) is 3.28. The highest BCUT2D eigenvalue weighted by Gasteiger charge is 2.33. The predicted octanol–water partition coefficient (Wildman–Crippen LogP) is 3.94. The number of hydrogen-bond acceptors (Lipinski definition) is 10. The molecule has 2 saturated heterocycles. The highest BCUT2D eigenvalue weighted by atomic mass is 32.2. The van der Waals surface area contributed by atoms with Crippen LogP contribution in [0.3, 0.4) is 0 Å². The highest BCUT2D eigenvalue weighted by molar-refractivity contribution is 8.26. The van der Waals surface area contributed by atoms with E-state index >= 15 is 0 Å². The minimum absolute atomic E-state index is 0.187. The zero-order valence-electron chi connectivity index (χ0n) is 23.7. The molecule has 5 rings (SSSR count). The van der Waals surface area contributed by atoms with E-state index in [0.29, 0.717) is 83.3 Å². The van der Waals surface area contributed by atoms with Crippen molar-refractivity contribution in [3.63, 3.8) is 0 Å². The minimum atomic E-state index is -0.279. The van der Waals surface area contributed by atoms with E-state index in [1.54, 1.807) is 50.4 Å². The molecule has 10 nitrogen and oxygen atoms in total. The summed E-state index contributed by atoms with van der Waals surface area (Å²) in [6, 6.07) is 11.0. The van der Waals surface area contributed by atoms with E-state index in [1.807, 2.05) is 29.2 Å². The van der Waals surface area contributed by atoms with Gasteiger partial charge in [-0.1, -0.05) is 36.1 Å². The van der Waals surface area contributed by atoms with Gasteiger partial charge in [-0.15, -0.1) is 0 Å². The molecule has 2 fully saturated rings. The summed E-state index contributed by atoms with van der Waals surface area (Å²) in [6.45, 7) is 3.59. The van der Waals surface area contributed by atoms with E-state index in [9.17, 15) is 14.4 Å². The molecule has 0 saturated carbocycles. The van der Waals surface area contributed by atoms with E-state index in [4.69, 9.17) is 31.4 Å². The topological polar surface area (TPSA) is 103 Å². The first-order valence-electron chi connectivity index (χ1n) is 13.7. The third-order valence-corrected chi connectivity index (χ3v) is 8.76. The Kier molecular flexibility index (Phi) is 9.12. The van der Waals surface area contributed by atoms with Crippen molar-refractivity contribution in [2.24, 2.45) is 5.92 Å². The van der Waals surface area contributed by atoms with Crippen molar-refractivity contribution in [2.75, 3.05) is 45.4 Å². The van der Waals surface area contributed by atoms with Crippen LogP contribution in [-0.4, -0.2) is 70.9 Å². The maximum atomic E-state index is 13.7. The fourth-order valence-electron chi connectivity index (χ4n) is 5.15. The Morgan fingerprint density at radius 2 is 1.88 bits per heavy atom. The lowest BCUT2D eigenvalue weighted by Crippen LogP contribution is -2.39. The van der Waals surface area contributed by atoms with Crippen LogP contribution in [0, 0.1) is 5.92 Å². The van der Waals surface area contributed by atoms with E-state index in [-0.39, 0.29) is 23.4 Å². The molecule has 1 aromatic carbocycles. The summed E-state index contributed by atoms with van der Waals surface area (Å²) < 4.78 is 17.8. The summed E-state index contributed by atoms with van der Waals surface area (Å²) in [5.41, 5.74) is 1.51. The molecule has 2 aliphatic heterocycles. The molecular formula is C30H32N4O6S2. The SMILES string of the molecule is CCOC(=O)C1CCN(c2nc3ccccn3c(=O)c2/C=C2\SC(=S)N(CCc3ccc(OC)c(OC)c3)C2=O)CC1. The number of rotatable bonds is 9. The van der Waals surface area contributed by atoms with Crippen LogP contribution in [0.4, 0.5) is 5.82 Å². The molecule has 0 N–H and O–H groups in total. The molecule has 1 amide bonds. The van der Waals surface area contributed by atoms with Crippen LogP contribution in [0.5, 0.6) is 11.5 Å². The Bertz CT molecular complexity index is 1610. The molecule has 0 atom stereocenters. The normalized spacial score (nSPS) is 16.9. The molecule has 0 unspecified atom stereocenters. The van der Waals surface area contributed by atoms with Gasteiger partial charge in [0.2, 0.25) is 0 Å². The number of thiocarbonyl (C=S) groups is 1. The average molecular weight is 609 g/mol. The Hall–Kier alpha value is -3.90. The number of ether oxygens (including phenoxy) is 3. The number of carbonyl (C=O) groups excluding carboxylic acids is 2. The van der Waals surface area contributed by atoms with Crippen LogP contribution >= 0.6 is 24.0 Å². The van der Waals surface area contributed by atoms with Gasteiger partial charge in [0.15, 0.2) is 11.5 Å². The lowest BCUT2D eigenvalue weighted by Gasteiger charge is -2.32. The van der Waals surface area contributed by atoms with Crippen molar-refractivity contribution in [1.82, 2.24) is 14.3 Å². The molecule has 3 aromatic rings. The number of hydrogen-bond donors (Lipinski definition) is 0. The van der Waals surface area contributed by atoms with Crippen LogP contribution in [0.2, 0.25) is 0 Å². The highest BCUT2D eigenvalue weighted by Crippen LogP contribution is 2.35. The van der Waals surface area contributed by atoms with Gasteiger partial charge in [-0.2, -0.15) is 0 Å². The van der Waals surface area contributed by atoms with Gasteiger partial charge in [0.1, 0.15) is 15.8 Å². The van der Waals surface area contributed by atoms with Gasteiger partial charge >= 0.3 is 5.97 Å². The monoisotopic (exact) mass is 608 g/mol. The fourth-order valence-corrected chi connectivity index (χ4v) is 6.44.